The largest absolute Gasteiger partial charge is 0.484 e. The number of carbonyl (C=O) groups is 1. The highest BCUT2D eigenvalue weighted by atomic mass is 127. The third-order valence-electron chi connectivity index (χ3n) is 3.94. The van der Waals surface area contributed by atoms with Gasteiger partial charge in [0.05, 0.1) is 10.9 Å². The van der Waals surface area contributed by atoms with Crippen LogP contribution in [0.4, 0.5) is 0 Å². The summed E-state index contributed by atoms with van der Waals surface area (Å²) in [7, 11) is -1.52. The zero-order valence-corrected chi connectivity index (χ0v) is 17.2. The zero-order valence-electron chi connectivity index (χ0n) is 14.3. The van der Waals surface area contributed by atoms with Crippen LogP contribution < -0.4 is 4.74 Å². The normalized spacial score (nSPS) is 12.5. The van der Waals surface area contributed by atoms with Crippen LogP contribution in [-0.4, -0.2) is 39.1 Å². The van der Waals surface area contributed by atoms with Gasteiger partial charge in [0.2, 0.25) is 0 Å². The first-order chi connectivity index (χ1) is 11.7. The van der Waals surface area contributed by atoms with E-state index in [1.54, 1.807) is 36.2 Å². The maximum atomic E-state index is 12.3. The van der Waals surface area contributed by atoms with Crippen LogP contribution in [0.2, 0.25) is 0 Å². The number of hydrogen-bond acceptors (Lipinski definition) is 4. The third-order valence-corrected chi connectivity index (χ3v) is 5.79. The van der Waals surface area contributed by atoms with E-state index in [4.69, 9.17) is 4.74 Å². The summed E-state index contributed by atoms with van der Waals surface area (Å²) in [6, 6.07) is 13.8. The molecular weight excluding hydrogens is 453 g/mol. The molecule has 1 amide bonds. The molecule has 7 heteroatoms. The molecule has 0 radical (unpaired) electrons. The predicted molar refractivity (Wildman–Crippen MR) is 105 cm³/mol. The van der Waals surface area contributed by atoms with Crippen LogP contribution in [0.25, 0.3) is 0 Å². The highest BCUT2D eigenvalue weighted by Gasteiger charge is 2.18. The van der Waals surface area contributed by atoms with E-state index in [-0.39, 0.29) is 23.5 Å². The zero-order chi connectivity index (χ0) is 18.6. The fraction of sp³-hybridized carbons (Fsp3) is 0.278. The van der Waals surface area contributed by atoms with Gasteiger partial charge in [0.25, 0.3) is 5.91 Å². The third kappa shape index (κ3) is 5.43. The van der Waals surface area contributed by atoms with Gasteiger partial charge in [-0.2, -0.15) is 0 Å². The topological polar surface area (TPSA) is 63.7 Å². The maximum Gasteiger partial charge on any atom is 0.260 e. The molecule has 0 N–H and O–H groups in total. The highest BCUT2D eigenvalue weighted by Crippen LogP contribution is 2.21. The number of ether oxygens (including phenoxy) is 1. The number of carbonyl (C=O) groups excluding carboxylic acids is 1. The molecule has 0 aliphatic carbocycles. The molecule has 2 aromatic rings. The highest BCUT2D eigenvalue weighted by molar-refractivity contribution is 14.1. The Morgan fingerprint density at radius 1 is 1.12 bits per heavy atom. The van der Waals surface area contributed by atoms with Crippen molar-refractivity contribution in [2.75, 3.05) is 19.9 Å². The number of sulfone groups is 1. The molecule has 0 aliphatic rings. The van der Waals surface area contributed by atoms with E-state index in [0.717, 1.165) is 9.13 Å². The van der Waals surface area contributed by atoms with Crippen molar-refractivity contribution in [2.24, 2.45) is 0 Å². The number of nitrogens with zero attached hydrogens (tertiary/aromatic N) is 1. The van der Waals surface area contributed by atoms with Gasteiger partial charge in [-0.15, -0.1) is 0 Å². The second-order valence-corrected chi connectivity index (χ2v) is 9.03. The van der Waals surface area contributed by atoms with E-state index in [1.165, 1.54) is 6.26 Å². The summed E-state index contributed by atoms with van der Waals surface area (Å²) < 4.78 is 29.6. The van der Waals surface area contributed by atoms with E-state index in [9.17, 15) is 13.2 Å². The SMILES string of the molecule is CC(c1ccc(S(C)(=O)=O)cc1)N(C)C(=O)COc1ccc(I)cc1. The average Bonchev–Trinajstić information content (AvgIpc) is 2.59. The first-order valence-electron chi connectivity index (χ1n) is 7.62. The van der Waals surface area contributed by atoms with Crippen molar-refractivity contribution < 1.29 is 17.9 Å². The Balaban J connectivity index is 1.99. The molecule has 0 aliphatic heterocycles. The minimum Gasteiger partial charge on any atom is -0.484 e. The molecule has 2 rings (SSSR count). The Labute approximate surface area is 162 Å². The van der Waals surface area contributed by atoms with Gasteiger partial charge in [0.15, 0.2) is 16.4 Å². The minimum atomic E-state index is -3.23. The summed E-state index contributed by atoms with van der Waals surface area (Å²) in [5.74, 6) is 0.491. The van der Waals surface area contributed by atoms with Gasteiger partial charge >= 0.3 is 0 Å². The monoisotopic (exact) mass is 473 g/mol. The fourth-order valence-corrected chi connectivity index (χ4v) is 3.20. The molecule has 1 unspecified atom stereocenters. The number of amides is 1. The van der Waals surface area contributed by atoms with Crippen LogP contribution in [0.5, 0.6) is 5.75 Å². The second kappa shape index (κ2) is 8.18. The number of rotatable bonds is 6. The lowest BCUT2D eigenvalue weighted by Crippen LogP contribution is -2.33. The Hall–Kier alpha value is -1.61. The molecule has 0 aromatic heterocycles. The lowest BCUT2D eigenvalue weighted by Gasteiger charge is -2.25. The molecule has 0 saturated carbocycles. The molecule has 1 atom stereocenters. The summed E-state index contributed by atoms with van der Waals surface area (Å²) in [6.45, 7) is 1.83. The summed E-state index contributed by atoms with van der Waals surface area (Å²) in [6.07, 6.45) is 1.17. The molecule has 134 valence electrons. The molecule has 25 heavy (non-hydrogen) atoms. The molecule has 5 nitrogen and oxygen atoms in total. The van der Waals surface area contributed by atoms with Crippen molar-refractivity contribution in [3.05, 3.63) is 57.7 Å². The standard InChI is InChI=1S/C18H20INO4S/c1-13(14-4-10-17(11-5-14)25(3,22)23)20(2)18(21)12-24-16-8-6-15(19)7-9-16/h4-11,13H,12H2,1-3H3. The van der Waals surface area contributed by atoms with E-state index >= 15 is 0 Å². The van der Waals surface area contributed by atoms with E-state index in [1.807, 2.05) is 31.2 Å². The van der Waals surface area contributed by atoms with E-state index in [0.29, 0.717) is 5.75 Å². The van der Waals surface area contributed by atoms with Gasteiger partial charge in [0, 0.05) is 16.9 Å². The van der Waals surface area contributed by atoms with Crippen LogP contribution in [0.15, 0.2) is 53.4 Å². The summed E-state index contributed by atoms with van der Waals surface area (Å²) in [4.78, 5) is 14.2. The fourth-order valence-electron chi connectivity index (χ4n) is 2.21. The van der Waals surface area contributed by atoms with Crippen LogP contribution in [0, 0.1) is 3.57 Å². The number of hydrogen-bond donors (Lipinski definition) is 0. The van der Waals surface area contributed by atoms with Crippen molar-refractivity contribution in [3.63, 3.8) is 0 Å². The number of halogens is 1. The lowest BCUT2D eigenvalue weighted by atomic mass is 10.1. The molecule has 0 bridgehead atoms. The molecule has 2 aromatic carbocycles. The molecular formula is C18H20INO4S. The first kappa shape index (κ1) is 19.7. The Bertz CT molecular complexity index is 832. The van der Waals surface area contributed by atoms with E-state index in [2.05, 4.69) is 22.6 Å². The number of benzene rings is 2. The predicted octanol–water partition coefficient (Wildman–Crippen LogP) is 3.29. The molecule has 0 spiro atoms. The van der Waals surface area contributed by atoms with Crippen molar-refractivity contribution in [1.82, 2.24) is 4.90 Å². The lowest BCUT2D eigenvalue weighted by molar-refractivity contribution is -0.134. The number of likely N-dealkylation sites (N-methyl/N-ethyl adjacent to an activating group) is 1. The second-order valence-electron chi connectivity index (χ2n) is 5.76. The average molecular weight is 473 g/mol. The minimum absolute atomic E-state index is 0.0527. The Kier molecular flexibility index (Phi) is 6.45. The molecule has 0 fully saturated rings. The molecule has 0 heterocycles. The van der Waals surface area contributed by atoms with Crippen molar-refractivity contribution >= 4 is 38.3 Å². The smallest absolute Gasteiger partial charge is 0.260 e. The van der Waals surface area contributed by atoms with Gasteiger partial charge in [-0.3, -0.25) is 4.79 Å². The van der Waals surface area contributed by atoms with Crippen LogP contribution in [-0.2, 0) is 14.6 Å². The van der Waals surface area contributed by atoms with Crippen molar-refractivity contribution in [1.29, 1.82) is 0 Å². The van der Waals surface area contributed by atoms with Crippen LogP contribution in [0.3, 0.4) is 0 Å². The van der Waals surface area contributed by atoms with Gasteiger partial charge in [0.1, 0.15) is 5.75 Å². The summed E-state index contributed by atoms with van der Waals surface area (Å²) in [5, 5.41) is 0. The van der Waals surface area contributed by atoms with Gasteiger partial charge < -0.3 is 9.64 Å². The van der Waals surface area contributed by atoms with Crippen molar-refractivity contribution in [3.8, 4) is 5.75 Å². The summed E-state index contributed by atoms with van der Waals surface area (Å²) in [5.41, 5.74) is 0.859. The van der Waals surface area contributed by atoms with Crippen LogP contribution >= 0.6 is 22.6 Å². The summed E-state index contributed by atoms with van der Waals surface area (Å²) >= 11 is 2.20. The Morgan fingerprint density at radius 2 is 1.68 bits per heavy atom. The molecule has 0 saturated heterocycles. The van der Waals surface area contributed by atoms with Crippen LogP contribution in [0.1, 0.15) is 18.5 Å². The Morgan fingerprint density at radius 3 is 2.20 bits per heavy atom. The van der Waals surface area contributed by atoms with Gasteiger partial charge in [-0.05, 0) is 71.5 Å². The first-order valence-corrected chi connectivity index (χ1v) is 10.6. The van der Waals surface area contributed by atoms with Gasteiger partial charge in [-0.1, -0.05) is 12.1 Å². The quantitative estimate of drug-likeness (QED) is 0.605. The maximum absolute atomic E-state index is 12.3. The van der Waals surface area contributed by atoms with Gasteiger partial charge in [-0.25, -0.2) is 8.42 Å². The van der Waals surface area contributed by atoms with E-state index < -0.39 is 9.84 Å². The van der Waals surface area contributed by atoms with Crippen molar-refractivity contribution in [2.45, 2.75) is 17.9 Å².